The first-order valence-corrected chi connectivity index (χ1v) is 21.0. The molecule has 10 atom stereocenters. The topological polar surface area (TPSA) is 154 Å². The third kappa shape index (κ3) is 5.07. The van der Waals surface area contributed by atoms with Gasteiger partial charge in [-0.05, 0) is 61.9 Å². The van der Waals surface area contributed by atoms with E-state index in [1.54, 1.807) is 7.11 Å². The van der Waals surface area contributed by atoms with Crippen LogP contribution in [0.3, 0.4) is 0 Å². The molecule has 5 aliphatic heterocycles. The van der Waals surface area contributed by atoms with Gasteiger partial charge in [-0.15, -0.1) is 0 Å². The molecule has 13 heteroatoms. The molecule has 2 bridgehead atoms. The smallest absolute Gasteiger partial charge is 0.344 e. The number of H-pyrrole nitrogens is 1. The summed E-state index contributed by atoms with van der Waals surface area (Å²) in [5.74, 6) is -2.03. The van der Waals surface area contributed by atoms with E-state index < -0.39 is 64.0 Å². The second-order valence-electron chi connectivity index (χ2n) is 17.5. The normalized spacial score (nSPS) is 35.6. The van der Waals surface area contributed by atoms with Gasteiger partial charge in [0, 0.05) is 90.3 Å². The summed E-state index contributed by atoms with van der Waals surface area (Å²) >= 11 is 0. The van der Waals surface area contributed by atoms with Crippen molar-refractivity contribution in [3.05, 3.63) is 82.6 Å². The average Bonchev–Trinajstić information content (AvgIpc) is 3.90. The summed E-state index contributed by atoms with van der Waals surface area (Å²) in [6.07, 6.45) is 6.64. The van der Waals surface area contributed by atoms with Crippen LogP contribution in [-0.4, -0.2) is 127 Å². The number of hydrogen-bond acceptors (Lipinski definition) is 12. The number of ether oxygens (including phenoxy) is 4. The third-order valence-corrected chi connectivity index (χ3v) is 15.2. The number of aromatic nitrogens is 1. The van der Waals surface area contributed by atoms with Crippen molar-refractivity contribution in [1.82, 2.24) is 14.8 Å². The molecule has 9 rings (SSSR count). The number of rotatable bonds is 7. The monoisotopic (exact) mass is 808 g/mol. The minimum atomic E-state index is -2.31. The molecule has 0 radical (unpaired) electrons. The standard InChI is InChI=1S/C46H56N4O9/c1-8-27-21-28-24-45(41(53)57-6,36-30(15-19-50(25-27)37(28)52)29-13-10-11-14-33(29)47-36)32-22-31-34(23-35(32)56-5)48(4)39-44(31)17-20-49-18-12-16-43(9-2,38(44)49)40(59-26(3)51)46(39,55)42(54)58-7/h10-14,16,21-23,28,37-40,47,52,55H,8-9,15,17-20,24-25H2,1-7H3/t28-,37-,38+,39-,40-,43-,44-,45+,46+/m1/s1. The van der Waals surface area contributed by atoms with E-state index in [4.69, 9.17) is 18.9 Å². The Bertz CT molecular complexity index is 2300. The summed E-state index contributed by atoms with van der Waals surface area (Å²) in [5.41, 5.74) is 0.109. The van der Waals surface area contributed by atoms with E-state index in [1.807, 2.05) is 55.3 Å². The highest BCUT2D eigenvalue weighted by atomic mass is 16.6. The van der Waals surface area contributed by atoms with Crippen molar-refractivity contribution in [1.29, 1.82) is 0 Å². The van der Waals surface area contributed by atoms with Gasteiger partial charge < -0.3 is 39.0 Å². The zero-order valence-electron chi connectivity index (χ0n) is 35.0. The Kier molecular flexibility index (Phi) is 9.39. The number of fused-ring (bicyclic) bond motifs is 6. The lowest BCUT2D eigenvalue weighted by atomic mass is 9.47. The predicted octanol–water partition coefficient (Wildman–Crippen LogP) is 4.11. The number of nitrogens with zero attached hydrogens (tertiary/aromatic N) is 3. The molecule has 1 saturated heterocycles. The molecule has 59 heavy (non-hydrogen) atoms. The van der Waals surface area contributed by atoms with Gasteiger partial charge in [0.25, 0.3) is 0 Å². The Morgan fingerprint density at radius 3 is 2.44 bits per heavy atom. The highest BCUT2D eigenvalue weighted by Gasteiger charge is 2.80. The van der Waals surface area contributed by atoms with Gasteiger partial charge in [0.05, 0.1) is 27.4 Å². The lowest BCUT2D eigenvalue weighted by molar-refractivity contribution is -0.228. The van der Waals surface area contributed by atoms with Crippen LogP contribution >= 0.6 is 0 Å². The van der Waals surface area contributed by atoms with Gasteiger partial charge in [0.2, 0.25) is 5.60 Å². The van der Waals surface area contributed by atoms with Crippen molar-refractivity contribution >= 4 is 34.5 Å². The Morgan fingerprint density at radius 1 is 0.983 bits per heavy atom. The molecular formula is C46H56N4O9. The van der Waals surface area contributed by atoms with Crippen molar-refractivity contribution in [3.8, 4) is 5.75 Å². The number of aliphatic hydroxyl groups excluding tert-OH is 1. The van der Waals surface area contributed by atoms with E-state index in [-0.39, 0.29) is 12.5 Å². The highest BCUT2D eigenvalue weighted by molar-refractivity contribution is 5.95. The molecule has 314 valence electrons. The molecule has 1 unspecified atom stereocenters. The fourth-order valence-corrected chi connectivity index (χ4v) is 13.0. The molecule has 1 spiro atoms. The predicted molar refractivity (Wildman–Crippen MR) is 220 cm³/mol. The number of hydrogen-bond donors (Lipinski definition) is 3. The van der Waals surface area contributed by atoms with E-state index in [9.17, 15) is 19.8 Å². The van der Waals surface area contributed by atoms with E-state index in [2.05, 4.69) is 39.9 Å². The van der Waals surface area contributed by atoms with Crippen LogP contribution in [0.2, 0.25) is 0 Å². The number of anilines is 1. The third-order valence-electron chi connectivity index (χ3n) is 15.2. The minimum absolute atomic E-state index is 0.167. The number of para-hydroxylation sites is 1. The van der Waals surface area contributed by atoms with Crippen LogP contribution in [0.4, 0.5) is 5.69 Å². The molecule has 6 aliphatic rings. The van der Waals surface area contributed by atoms with Crippen LogP contribution in [-0.2, 0) is 45.8 Å². The molecule has 0 amide bonds. The second-order valence-corrected chi connectivity index (χ2v) is 17.5. The SMILES string of the molecule is CCC1=C[C@@H]2C[C@](C(=O)OC)(c3cc4c(cc3OC)N(C)[C@H]3[C@@](O)(C(=O)OC)[C@H](OC(C)=O)[C@]5(CC)C=CCN6CC[C@]43[C@@H]65)c3[nH]c4ccccc4c3CCN(C1)[C@@H]2O. The summed E-state index contributed by atoms with van der Waals surface area (Å²) in [6, 6.07) is 10.8. The van der Waals surface area contributed by atoms with Crippen LogP contribution in [0.15, 0.2) is 60.2 Å². The number of aromatic amines is 1. The Labute approximate surface area is 344 Å². The molecule has 13 nitrogen and oxygen atoms in total. The van der Waals surface area contributed by atoms with Gasteiger partial charge >= 0.3 is 17.9 Å². The molecule has 1 aliphatic carbocycles. The molecule has 1 saturated carbocycles. The van der Waals surface area contributed by atoms with Crippen LogP contribution in [0.5, 0.6) is 5.75 Å². The number of carbonyl (C=O) groups is 3. The summed E-state index contributed by atoms with van der Waals surface area (Å²) < 4.78 is 23.9. The number of esters is 3. The van der Waals surface area contributed by atoms with E-state index >= 15 is 4.79 Å². The maximum absolute atomic E-state index is 15.3. The first-order valence-electron chi connectivity index (χ1n) is 21.0. The number of benzene rings is 2. The van der Waals surface area contributed by atoms with Crippen molar-refractivity contribution in [2.75, 3.05) is 59.5 Å². The minimum Gasteiger partial charge on any atom is -0.496 e. The molecular weight excluding hydrogens is 753 g/mol. The van der Waals surface area contributed by atoms with E-state index in [0.717, 1.165) is 34.1 Å². The number of methoxy groups -OCH3 is 3. The number of likely N-dealkylation sites (N-methyl/N-ethyl adjacent to an activating group) is 1. The summed E-state index contributed by atoms with van der Waals surface area (Å²) in [4.78, 5) is 52.8. The molecule has 1 aromatic heterocycles. The lowest BCUT2D eigenvalue weighted by Gasteiger charge is -2.63. The second kappa shape index (κ2) is 13.9. The average molecular weight is 809 g/mol. The van der Waals surface area contributed by atoms with Crippen molar-refractivity contribution in [2.45, 2.75) is 93.7 Å². The molecule has 3 N–H and O–H groups in total. The fraction of sp³-hybridized carbons (Fsp3) is 0.543. The first kappa shape index (κ1) is 39.8. The van der Waals surface area contributed by atoms with Crippen molar-refractivity contribution in [2.24, 2.45) is 11.3 Å². The maximum Gasteiger partial charge on any atom is 0.344 e. The summed E-state index contributed by atoms with van der Waals surface area (Å²) in [5, 5.41) is 26.4. The number of carbonyl (C=O) groups excluding carboxylic acids is 3. The fourth-order valence-electron chi connectivity index (χ4n) is 13.0. The van der Waals surface area contributed by atoms with E-state index in [0.29, 0.717) is 62.4 Å². The summed E-state index contributed by atoms with van der Waals surface area (Å²) in [6.45, 7) is 7.93. The molecule has 2 aromatic carbocycles. The van der Waals surface area contributed by atoms with Crippen LogP contribution in [0.25, 0.3) is 10.9 Å². The molecule has 2 fully saturated rings. The summed E-state index contributed by atoms with van der Waals surface area (Å²) in [7, 11) is 6.09. The Hall–Kier alpha value is -4.69. The maximum atomic E-state index is 15.3. The van der Waals surface area contributed by atoms with Gasteiger partial charge in [0.1, 0.15) is 17.4 Å². The van der Waals surface area contributed by atoms with Crippen LogP contribution < -0.4 is 9.64 Å². The van der Waals surface area contributed by atoms with Gasteiger partial charge in [-0.1, -0.05) is 55.8 Å². The van der Waals surface area contributed by atoms with Crippen LogP contribution in [0, 0.1) is 11.3 Å². The van der Waals surface area contributed by atoms with Gasteiger partial charge in [-0.3, -0.25) is 19.4 Å². The van der Waals surface area contributed by atoms with Crippen molar-refractivity contribution < 1.29 is 43.5 Å². The Balaban J connectivity index is 1.38. The molecule has 3 aromatic rings. The van der Waals surface area contributed by atoms with Gasteiger partial charge in [0.15, 0.2) is 6.10 Å². The number of nitrogens with one attached hydrogen (secondary N) is 1. The van der Waals surface area contributed by atoms with Gasteiger partial charge in [-0.2, -0.15) is 0 Å². The zero-order chi connectivity index (χ0) is 41.8. The first-order chi connectivity index (χ1) is 28.3. The Morgan fingerprint density at radius 2 is 1.75 bits per heavy atom. The molecule has 6 heterocycles. The van der Waals surface area contributed by atoms with Crippen molar-refractivity contribution in [3.63, 3.8) is 0 Å². The van der Waals surface area contributed by atoms with Gasteiger partial charge in [-0.25, -0.2) is 4.79 Å². The van der Waals surface area contributed by atoms with E-state index in [1.165, 1.54) is 26.7 Å². The highest BCUT2D eigenvalue weighted by Crippen LogP contribution is 2.68. The zero-order valence-corrected chi connectivity index (χ0v) is 35.0. The largest absolute Gasteiger partial charge is 0.496 e. The lowest BCUT2D eigenvalue weighted by Crippen LogP contribution is -2.81. The quantitative estimate of drug-likeness (QED) is 0.179. The number of aliphatic hydroxyl groups is 2. The van der Waals surface area contributed by atoms with Crippen LogP contribution in [0.1, 0.15) is 68.8 Å².